The van der Waals surface area contributed by atoms with E-state index in [4.69, 9.17) is 0 Å². The molecular weight excluding hydrogens is 330 g/mol. The third-order valence-electron chi connectivity index (χ3n) is 3.20. The van der Waals surface area contributed by atoms with Crippen molar-refractivity contribution in [3.05, 3.63) is 59.7 Å². The van der Waals surface area contributed by atoms with Crippen molar-refractivity contribution in [3.63, 3.8) is 0 Å². The highest BCUT2D eigenvalue weighted by molar-refractivity contribution is 8.00. The predicted octanol–water partition coefficient (Wildman–Crippen LogP) is 2.81. The highest BCUT2D eigenvalue weighted by atomic mass is 32.2. The quantitative estimate of drug-likeness (QED) is 0.815. The van der Waals surface area contributed by atoms with Crippen LogP contribution in [0.25, 0.3) is 0 Å². The van der Waals surface area contributed by atoms with Gasteiger partial charge in [0.05, 0.1) is 10.6 Å². The summed E-state index contributed by atoms with van der Waals surface area (Å²) in [6.07, 6.45) is 1.17. The molecule has 2 rings (SSSR count). The van der Waals surface area contributed by atoms with E-state index >= 15 is 0 Å². The molecule has 0 bridgehead atoms. The molecule has 0 aliphatic carbocycles. The molecule has 4 nitrogen and oxygen atoms in total. The average Bonchev–Trinajstić information content (AvgIpc) is 2.50. The average molecular weight is 349 g/mol. The first-order valence-corrected chi connectivity index (χ1v) is 9.97. The molecular formula is C17H19NO3S2. The Morgan fingerprint density at radius 1 is 1.13 bits per heavy atom. The fourth-order valence-electron chi connectivity index (χ4n) is 1.96. The zero-order valence-electron chi connectivity index (χ0n) is 13.1. The van der Waals surface area contributed by atoms with E-state index in [9.17, 15) is 13.2 Å². The number of amides is 1. The summed E-state index contributed by atoms with van der Waals surface area (Å²) >= 11 is 1.49. The van der Waals surface area contributed by atoms with Crippen molar-refractivity contribution >= 4 is 27.5 Å². The molecule has 0 saturated heterocycles. The van der Waals surface area contributed by atoms with Gasteiger partial charge in [0.2, 0.25) is 5.91 Å². The maximum atomic E-state index is 11.9. The highest BCUT2D eigenvalue weighted by Crippen LogP contribution is 2.18. The van der Waals surface area contributed by atoms with Gasteiger partial charge in [-0.05, 0) is 36.8 Å². The van der Waals surface area contributed by atoms with Crippen LogP contribution in [-0.4, -0.2) is 26.3 Å². The van der Waals surface area contributed by atoms with Gasteiger partial charge in [-0.3, -0.25) is 4.79 Å². The van der Waals surface area contributed by atoms with Crippen molar-refractivity contribution < 1.29 is 13.2 Å². The molecule has 0 aliphatic heterocycles. The Labute approximate surface area is 141 Å². The lowest BCUT2D eigenvalue weighted by atomic mass is 10.2. The van der Waals surface area contributed by atoms with E-state index in [1.807, 2.05) is 31.2 Å². The monoisotopic (exact) mass is 349 g/mol. The summed E-state index contributed by atoms with van der Waals surface area (Å²) < 4.78 is 22.8. The highest BCUT2D eigenvalue weighted by Gasteiger charge is 2.07. The summed E-state index contributed by atoms with van der Waals surface area (Å²) in [4.78, 5) is 13.2. The maximum Gasteiger partial charge on any atom is 0.230 e. The van der Waals surface area contributed by atoms with Crippen LogP contribution in [0, 0.1) is 6.92 Å². The van der Waals surface area contributed by atoms with Crippen LogP contribution in [0.1, 0.15) is 11.1 Å². The van der Waals surface area contributed by atoms with Crippen molar-refractivity contribution in [1.82, 2.24) is 5.32 Å². The molecule has 0 saturated carbocycles. The van der Waals surface area contributed by atoms with Gasteiger partial charge in [0.25, 0.3) is 0 Å². The lowest BCUT2D eigenvalue weighted by Crippen LogP contribution is -2.24. The Kier molecular flexibility index (Phi) is 5.85. The number of rotatable bonds is 6. The SMILES string of the molecule is Cc1cccc(SCC(=O)NCc2ccc(S(C)(=O)=O)cc2)c1. The number of thioether (sulfide) groups is 1. The number of hydrogen-bond acceptors (Lipinski definition) is 4. The van der Waals surface area contributed by atoms with Crippen LogP contribution in [0.4, 0.5) is 0 Å². The van der Waals surface area contributed by atoms with Crippen LogP contribution in [-0.2, 0) is 21.2 Å². The van der Waals surface area contributed by atoms with Crippen LogP contribution in [0.2, 0.25) is 0 Å². The van der Waals surface area contributed by atoms with Gasteiger partial charge in [-0.1, -0.05) is 29.8 Å². The topological polar surface area (TPSA) is 63.2 Å². The second-order valence-corrected chi connectivity index (χ2v) is 8.36. The van der Waals surface area contributed by atoms with Gasteiger partial charge in [-0.2, -0.15) is 0 Å². The van der Waals surface area contributed by atoms with Gasteiger partial charge in [0, 0.05) is 17.7 Å². The Bertz CT molecular complexity index is 784. The number of benzene rings is 2. The maximum absolute atomic E-state index is 11.9. The Hall–Kier alpha value is -1.79. The van der Waals surface area contributed by atoms with E-state index in [0.29, 0.717) is 12.3 Å². The molecule has 1 amide bonds. The molecule has 0 aromatic heterocycles. The van der Waals surface area contributed by atoms with Crippen LogP contribution >= 0.6 is 11.8 Å². The zero-order valence-corrected chi connectivity index (χ0v) is 14.7. The molecule has 6 heteroatoms. The number of sulfone groups is 1. The fraction of sp³-hybridized carbons (Fsp3) is 0.235. The molecule has 0 unspecified atom stereocenters. The number of carbonyl (C=O) groups is 1. The molecule has 0 spiro atoms. The van der Waals surface area contributed by atoms with Crippen LogP contribution in [0.3, 0.4) is 0 Å². The number of hydrogen-bond donors (Lipinski definition) is 1. The van der Waals surface area contributed by atoms with Gasteiger partial charge < -0.3 is 5.32 Å². The Morgan fingerprint density at radius 2 is 1.83 bits per heavy atom. The van der Waals surface area contributed by atoms with Crippen molar-refractivity contribution in [2.45, 2.75) is 23.3 Å². The van der Waals surface area contributed by atoms with E-state index < -0.39 is 9.84 Å². The largest absolute Gasteiger partial charge is 0.351 e. The first kappa shape index (κ1) is 17.6. The minimum Gasteiger partial charge on any atom is -0.351 e. The number of nitrogens with one attached hydrogen (secondary N) is 1. The second kappa shape index (κ2) is 7.66. The summed E-state index contributed by atoms with van der Waals surface area (Å²) in [6.45, 7) is 2.40. The van der Waals surface area contributed by atoms with Gasteiger partial charge in [-0.25, -0.2) is 8.42 Å². The van der Waals surface area contributed by atoms with E-state index in [2.05, 4.69) is 5.32 Å². The Morgan fingerprint density at radius 3 is 2.43 bits per heavy atom. The minimum absolute atomic E-state index is 0.0521. The van der Waals surface area contributed by atoms with Gasteiger partial charge in [0.15, 0.2) is 9.84 Å². The number of carbonyl (C=O) groups excluding carboxylic acids is 1. The van der Waals surface area contributed by atoms with E-state index in [0.717, 1.165) is 10.5 Å². The van der Waals surface area contributed by atoms with Crippen molar-refractivity contribution in [2.24, 2.45) is 0 Å². The van der Waals surface area contributed by atoms with Crippen molar-refractivity contribution in [3.8, 4) is 0 Å². The molecule has 0 atom stereocenters. The second-order valence-electron chi connectivity index (χ2n) is 5.30. The lowest BCUT2D eigenvalue weighted by Gasteiger charge is -2.06. The molecule has 2 aromatic carbocycles. The summed E-state index contributed by atoms with van der Waals surface area (Å²) in [7, 11) is -3.18. The fourth-order valence-corrected chi connectivity index (χ4v) is 3.43. The smallest absolute Gasteiger partial charge is 0.230 e. The first-order valence-electron chi connectivity index (χ1n) is 7.10. The zero-order chi connectivity index (χ0) is 16.9. The molecule has 122 valence electrons. The summed E-state index contributed by atoms with van der Waals surface area (Å²) in [6, 6.07) is 14.5. The Balaban J connectivity index is 1.82. The summed E-state index contributed by atoms with van der Waals surface area (Å²) in [5, 5.41) is 2.83. The summed E-state index contributed by atoms with van der Waals surface area (Å²) in [5.74, 6) is 0.300. The number of aryl methyl sites for hydroxylation is 1. The molecule has 0 heterocycles. The van der Waals surface area contributed by atoms with Crippen LogP contribution < -0.4 is 5.32 Å². The van der Waals surface area contributed by atoms with E-state index in [1.165, 1.54) is 23.6 Å². The van der Waals surface area contributed by atoms with E-state index in [1.54, 1.807) is 24.3 Å². The molecule has 23 heavy (non-hydrogen) atoms. The van der Waals surface area contributed by atoms with Crippen LogP contribution in [0.5, 0.6) is 0 Å². The van der Waals surface area contributed by atoms with Gasteiger partial charge in [-0.15, -0.1) is 11.8 Å². The molecule has 0 radical (unpaired) electrons. The molecule has 0 aliphatic rings. The van der Waals surface area contributed by atoms with Crippen molar-refractivity contribution in [1.29, 1.82) is 0 Å². The third kappa shape index (κ3) is 5.73. The lowest BCUT2D eigenvalue weighted by molar-refractivity contribution is -0.118. The van der Waals surface area contributed by atoms with Crippen LogP contribution in [0.15, 0.2) is 58.3 Å². The predicted molar refractivity (Wildman–Crippen MR) is 93.3 cm³/mol. The summed E-state index contributed by atoms with van der Waals surface area (Å²) in [5.41, 5.74) is 2.03. The first-order chi connectivity index (χ1) is 10.8. The normalized spacial score (nSPS) is 11.2. The molecule has 1 N–H and O–H groups in total. The third-order valence-corrected chi connectivity index (χ3v) is 5.32. The molecule has 0 fully saturated rings. The molecule has 2 aromatic rings. The minimum atomic E-state index is -3.18. The van der Waals surface area contributed by atoms with E-state index in [-0.39, 0.29) is 10.8 Å². The van der Waals surface area contributed by atoms with Gasteiger partial charge in [0.1, 0.15) is 0 Å². The van der Waals surface area contributed by atoms with Gasteiger partial charge >= 0.3 is 0 Å². The van der Waals surface area contributed by atoms with Crippen molar-refractivity contribution in [2.75, 3.05) is 12.0 Å². The standard InChI is InChI=1S/C17H19NO3S2/c1-13-4-3-5-15(10-13)22-12-17(19)18-11-14-6-8-16(9-7-14)23(2,20)21/h3-10H,11-12H2,1-2H3,(H,18,19).